The van der Waals surface area contributed by atoms with E-state index >= 15 is 0 Å². The number of amides is 1. The van der Waals surface area contributed by atoms with Crippen molar-refractivity contribution in [2.75, 3.05) is 112 Å². The lowest BCUT2D eigenvalue weighted by Gasteiger charge is -2.09. The van der Waals surface area contributed by atoms with E-state index in [1.807, 2.05) is 30.3 Å². The Morgan fingerprint density at radius 3 is 1.42 bits per heavy atom. The summed E-state index contributed by atoms with van der Waals surface area (Å²) in [6, 6.07) is 9.50. The van der Waals surface area contributed by atoms with Crippen LogP contribution in [0, 0.1) is 12.3 Å². The van der Waals surface area contributed by atoms with E-state index in [1.165, 1.54) is 0 Å². The number of benzene rings is 1. The fourth-order valence-corrected chi connectivity index (χ4v) is 2.67. The van der Waals surface area contributed by atoms with Gasteiger partial charge in [-0.05, 0) is 5.56 Å². The van der Waals surface area contributed by atoms with Crippen molar-refractivity contribution in [2.45, 2.75) is 6.61 Å². The summed E-state index contributed by atoms with van der Waals surface area (Å²) in [7, 11) is 0. The number of terminal acetylenes is 1. The van der Waals surface area contributed by atoms with Crippen LogP contribution in [0.25, 0.3) is 0 Å². The van der Waals surface area contributed by atoms with Gasteiger partial charge in [0.25, 0.3) is 0 Å². The van der Waals surface area contributed by atoms with E-state index in [0.29, 0.717) is 112 Å². The molecule has 11 heteroatoms. The van der Waals surface area contributed by atoms with E-state index in [-0.39, 0.29) is 6.61 Å². The summed E-state index contributed by atoms with van der Waals surface area (Å²) in [5.74, 6) is 2.39. The molecule has 0 bridgehead atoms. The van der Waals surface area contributed by atoms with Gasteiger partial charge in [-0.2, -0.15) is 0 Å². The van der Waals surface area contributed by atoms with Gasteiger partial charge in [0.15, 0.2) is 0 Å². The summed E-state index contributed by atoms with van der Waals surface area (Å²) >= 11 is 0. The molecule has 38 heavy (non-hydrogen) atoms. The van der Waals surface area contributed by atoms with Gasteiger partial charge in [-0.1, -0.05) is 36.3 Å². The molecule has 0 aromatic heterocycles. The van der Waals surface area contributed by atoms with Crippen molar-refractivity contribution in [2.24, 2.45) is 0 Å². The van der Waals surface area contributed by atoms with Crippen molar-refractivity contribution in [1.29, 1.82) is 0 Å². The van der Waals surface area contributed by atoms with E-state index < -0.39 is 6.09 Å². The van der Waals surface area contributed by atoms with Crippen LogP contribution in [0.15, 0.2) is 30.3 Å². The maximum absolute atomic E-state index is 11.6. The minimum absolute atomic E-state index is 0.240. The summed E-state index contributed by atoms with van der Waals surface area (Å²) in [6.45, 7) is 8.13. The minimum atomic E-state index is -0.468. The van der Waals surface area contributed by atoms with E-state index in [4.69, 9.17) is 49.1 Å². The summed E-state index contributed by atoms with van der Waals surface area (Å²) in [5, 5.41) is 2.64. The molecule has 1 rings (SSSR count). The second kappa shape index (κ2) is 27.8. The molecular formula is C27H43NO10. The third kappa shape index (κ3) is 24.1. The molecule has 11 nitrogen and oxygen atoms in total. The molecule has 0 aliphatic carbocycles. The average Bonchev–Trinajstić information content (AvgIpc) is 2.94. The summed E-state index contributed by atoms with van der Waals surface area (Å²) in [6.07, 6.45) is 4.60. The summed E-state index contributed by atoms with van der Waals surface area (Å²) in [5.41, 5.74) is 0.939. The average molecular weight is 542 g/mol. The lowest BCUT2D eigenvalue weighted by atomic mass is 10.2. The van der Waals surface area contributed by atoms with Crippen molar-refractivity contribution in [3.05, 3.63) is 35.9 Å². The third-order valence-corrected chi connectivity index (χ3v) is 4.52. The second-order valence-electron chi connectivity index (χ2n) is 7.53. The molecule has 0 spiro atoms. The van der Waals surface area contributed by atoms with Gasteiger partial charge in [-0.15, -0.1) is 6.42 Å². The number of alkyl carbamates (subject to hydrolysis) is 1. The van der Waals surface area contributed by atoms with Crippen LogP contribution in [0.3, 0.4) is 0 Å². The molecular weight excluding hydrogens is 498 g/mol. The quantitative estimate of drug-likeness (QED) is 0.130. The molecule has 0 heterocycles. The number of ether oxygens (including phenoxy) is 9. The smallest absolute Gasteiger partial charge is 0.407 e. The molecule has 0 unspecified atom stereocenters. The lowest BCUT2D eigenvalue weighted by Crippen LogP contribution is -2.28. The molecule has 0 radical (unpaired) electrons. The zero-order chi connectivity index (χ0) is 27.2. The Hall–Kier alpha value is -2.27. The molecule has 1 aromatic rings. The minimum Gasteiger partial charge on any atom is -0.445 e. The summed E-state index contributed by atoms with van der Waals surface area (Å²) < 4.78 is 48.0. The monoisotopic (exact) mass is 541 g/mol. The van der Waals surface area contributed by atoms with E-state index in [0.717, 1.165) is 5.56 Å². The number of carbonyl (C=O) groups excluding carboxylic acids is 1. The van der Waals surface area contributed by atoms with Crippen LogP contribution in [0.1, 0.15) is 5.56 Å². The Labute approximate surface area is 226 Å². The first-order valence-corrected chi connectivity index (χ1v) is 12.8. The van der Waals surface area contributed by atoms with Crippen LogP contribution in [-0.4, -0.2) is 118 Å². The first-order valence-electron chi connectivity index (χ1n) is 12.8. The van der Waals surface area contributed by atoms with Crippen molar-refractivity contribution < 1.29 is 47.4 Å². The molecule has 0 aliphatic heterocycles. The molecule has 0 saturated carbocycles. The Bertz CT molecular complexity index is 686. The van der Waals surface area contributed by atoms with Gasteiger partial charge in [-0.25, -0.2) is 4.79 Å². The van der Waals surface area contributed by atoms with Gasteiger partial charge in [-0.3, -0.25) is 0 Å². The Balaban J connectivity index is 1.67. The van der Waals surface area contributed by atoms with Crippen LogP contribution < -0.4 is 5.32 Å². The fourth-order valence-electron chi connectivity index (χ4n) is 2.67. The van der Waals surface area contributed by atoms with Gasteiger partial charge in [0.05, 0.1) is 99.1 Å². The zero-order valence-electron chi connectivity index (χ0n) is 22.3. The molecule has 0 saturated heterocycles. The number of carbonyl (C=O) groups is 1. The van der Waals surface area contributed by atoms with Crippen molar-refractivity contribution in [1.82, 2.24) is 5.32 Å². The Kier molecular flexibility index (Phi) is 24.7. The van der Waals surface area contributed by atoms with Crippen LogP contribution >= 0.6 is 0 Å². The first-order chi connectivity index (χ1) is 18.8. The van der Waals surface area contributed by atoms with E-state index in [2.05, 4.69) is 11.2 Å². The number of rotatable bonds is 27. The number of hydrogen-bond donors (Lipinski definition) is 1. The SMILES string of the molecule is C#CCOCCOCCOCCOCCOCCOCCOCCOCCNC(=O)OCc1ccccc1. The predicted octanol–water partition coefficient (Wildman–Crippen LogP) is 1.68. The van der Waals surface area contributed by atoms with Gasteiger partial charge in [0.2, 0.25) is 0 Å². The van der Waals surface area contributed by atoms with Crippen molar-refractivity contribution in [3.8, 4) is 12.3 Å². The molecule has 0 aliphatic rings. The standard InChI is InChI=1S/C27H43NO10/c1-2-9-30-11-13-32-15-17-34-19-21-36-23-24-37-22-20-35-18-16-33-14-12-31-10-8-28-27(29)38-25-26-6-4-3-5-7-26/h1,3-7H,8-25H2,(H,28,29). The highest BCUT2D eigenvalue weighted by molar-refractivity contribution is 5.67. The van der Waals surface area contributed by atoms with E-state index in [1.54, 1.807) is 0 Å². The summed E-state index contributed by atoms with van der Waals surface area (Å²) in [4.78, 5) is 11.6. The van der Waals surface area contributed by atoms with Gasteiger partial charge in [0.1, 0.15) is 13.2 Å². The highest BCUT2D eigenvalue weighted by Crippen LogP contribution is 2.00. The fraction of sp³-hybridized carbons (Fsp3) is 0.667. The lowest BCUT2D eigenvalue weighted by molar-refractivity contribution is -0.0224. The van der Waals surface area contributed by atoms with Gasteiger partial charge in [0, 0.05) is 6.54 Å². The first kappa shape index (κ1) is 33.8. The molecule has 1 aromatic carbocycles. The largest absolute Gasteiger partial charge is 0.445 e. The molecule has 0 fully saturated rings. The number of hydrogen-bond acceptors (Lipinski definition) is 10. The maximum atomic E-state index is 11.6. The van der Waals surface area contributed by atoms with E-state index in [9.17, 15) is 4.79 Å². The topological polar surface area (TPSA) is 112 Å². The molecule has 1 N–H and O–H groups in total. The normalized spacial score (nSPS) is 10.8. The molecule has 1 amide bonds. The van der Waals surface area contributed by atoms with Crippen LogP contribution in [0.2, 0.25) is 0 Å². The number of nitrogens with one attached hydrogen (secondary N) is 1. The van der Waals surface area contributed by atoms with Crippen LogP contribution in [-0.2, 0) is 49.2 Å². The maximum Gasteiger partial charge on any atom is 0.407 e. The third-order valence-electron chi connectivity index (χ3n) is 4.52. The predicted molar refractivity (Wildman–Crippen MR) is 140 cm³/mol. The van der Waals surface area contributed by atoms with Crippen LogP contribution in [0.5, 0.6) is 0 Å². The molecule has 0 atom stereocenters. The Morgan fingerprint density at radius 1 is 0.605 bits per heavy atom. The van der Waals surface area contributed by atoms with Crippen LogP contribution in [0.4, 0.5) is 4.79 Å². The second-order valence-corrected chi connectivity index (χ2v) is 7.53. The zero-order valence-corrected chi connectivity index (χ0v) is 22.3. The van der Waals surface area contributed by atoms with Crippen molar-refractivity contribution in [3.63, 3.8) is 0 Å². The van der Waals surface area contributed by atoms with Gasteiger partial charge >= 0.3 is 6.09 Å². The highest BCUT2D eigenvalue weighted by atomic mass is 16.6. The Morgan fingerprint density at radius 2 is 1.00 bits per heavy atom. The highest BCUT2D eigenvalue weighted by Gasteiger charge is 2.01. The van der Waals surface area contributed by atoms with Gasteiger partial charge < -0.3 is 47.9 Å². The molecule has 216 valence electrons. The van der Waals surface area contributed by atoms with Crippen molar-refractivity contribution >= 4 is 6.09 Å².